The minimum atomic E-state index is -0.488. The van der Waals surface area contributed by atoms with Gasteiger partial charge in [0, 0.05) is 27.8 Å². The molecule has 4 heteroatoms. The standard InChI is InChI=1S/C37H42BNO2/c1-34(2,3)25-19-20-32(27(21-25)24-15-11-10-12-16-24)39-33-23-30-28(26-17-13-14-18-29(26)35(30,4)5)22-31(33)38-40-36(6,7)37(8,9)41-38/h10-23,39H,1-9H3. The largest absolute Gasteiger partial charge is 0.497 e. The number of hydrogen-bond donors (Lipinski definition) is 1. The zero-order valence-electron chi connectivity index (χ0n) is 26.0. The maximum Gasteiger partial charge on any atom is 0.497 e. The first-order valence-electron chi connectivity index (χ1n) is 14.8. The lowest BCUT2D eigenvalue weighted by atomic mass is 9.74. The molecule has 1 N–H and O–H groups in total. The van der Waals surface area contributed by atoms with Crippen LogP contribution < -0.4 is 10.8 Å². The zero-order chi connectivity index (χ0) is 29.4. The number of rotatable bonds is 4. The molecule has 0 bridgehead atoms. The molecule has 41 heavy (non-hydrogen) atoms. The fraction of sp³-hybridized carbons (Fsp3) is 0.351. The van der Waals surface area contributed by atoms with Gasteiger partial charge in [-0.3, -0.25) is 0 Å². The Morgan fingerprint density at radius 3 is 1.90 bits per heavy atom. The number of fused-ring (bicyclic) bond motifs is 3. The van der Waals surface area contributed by atoms with E-state index in [0.29, 0.717) is 0 Å². The Hall–Kier alpha value is -3.34. The van der Waals surface area contributed by atoms with Crippen LogP contribution in [0.15, 0.2) is 84.9 Å². The second-order valence-corrected chi connectivity index (χ2v) is 14.2. The summed E-state index contributed by atoms with van der Waals surface area (Å²) >= 11 is 0. The van der Waals surface area contributed by atoms with Crippen molar-refractivity contribution in [3.63, 3.8) is 0 Å². The summed E-state index contributed by atoms with van der Waals surface area (Å²) < 4.78 is 13.3. The zero-order valence-corrected chi connectivity index (χ0v) is 26.0. The summed E-state index contributed by atoms with van der Waals surface area (Å²) in [5.74, 6) is 0. The SMILES string of the molecule is CC(C)(C)c1ccc(Nc2cc3c(cc2B2OC(C)(C)C(C)(C)O2)-c2ccccc2C3(C)C)c(-c2ccccc2)c1. The van der Waals surface area contributed by atoms with E-state index in [9.17, 15) is 0 Å². The highest BCUT2D eigenvalue weighted by atomic mass is 16.7. The molecule has 210 valence electrons. The van der Waals surface area contributed by atoms with Crippen molar-refractivity contribution in [1.29, 1.82) is 0 Å². The molecule has 1 fully saturated rings. The van der Waals surface area contributed by atoms with Gasteiger partial charge in [0.2, 0.25) is 0 Å². The van der Waals surface area contributed by atoms with Crippen LogP contribution in [0.3, 0.4) is 0 Å². The van der Waals surface area contributed by atoms with Gasteiger partial charge in [-0.25, -0.2) is 0 Å². The number of hydrogen-bond acceptors (Lipinski definition) is 3. The summed E-state index contributed by atoms with van der Waals surface area (Å²) in [6, 6.07) is 30.9. The molecule has 2 aliphatic rings. The number of benzene rings is 4. The molecular weight excluding hydrogens is 501 g/mol. The summed E-state index contributed by atoms with van der Waals surface area (Å²) in [6.45, 7) is 19.9. The van der Waals surface area contributed by atoms with Crippen molar-refractivity contribution in [2.45, 2.75) is 84.3 Å². The van der Waals surface area contributed by atoms with Crippen LogP contribution in [0.2, 0.25) is 0 Å². The lowest BCUT2D eigenvalue weighted by Gasteiger charge is -2.32. The fourth-order valence-corrected chi connectivity index (χ4v) is 6.16. The van der Waals surface area contributed by atoms with Gasteiger partial charge in [0.05, 0.1) is 11.2 Å². The highest BCUT2D eigenvalue weighted by Crippen LogP contribution is 2.50. The van der Waals surface area contributed by atoms with Crippen molar-refractivity contribution < 1.29 is 9.31 Å². The predicted molar refractivity (Wildman–Crippen MR) is 174 cm³/mol. The van der Waals surface area contributed by atoms with Crippen molar-refractivity contribution in [2.24, 2.45) is 0 Å². The fourth-order valence-electron chi connectivity index (χ4n) is 6.16. The Morgan fingerprint density at radius 1 is 0.610 bits per heavy atom. The average Bonchev–Trinajstić information content (AvgIpc) is 3.27. The summed E-state index contributed by atoms with van der Waals surface area (Å²) in [7, 11) is -0.488. The number of nitrogens with one attached hydrogen (secondary N) is 1. The monoisotopic (exact) mass is 543 g/mol. The van der Waals surface area contributed by atoms with Crippen LogP contribution >= 0.6 is 0 Å². The van der Waals surface area contributed by atoms with Gasteiger partial charge in [0.15, 0.2) is 0 Å². The van der Waals surface area contributed by atoms with E-state index in [1.165, 1.54) is 38.9 Å². The molecule has 1 heterocycles. The van der Waals surface area contributed by atoms with Gasteiger partial charge >= 0.3 is 7.12 Å². The molecule has 4 aromatic rings. The second kappa shape index (κ2) is 9.34. The van der Waals surface area contributed by atoms with Crippen LogP contribution in [-0.2, 0) is 20.1 Å². The van der Waals surface area contributed by atoms with E-state index < -0.39 is 18.3 Å². The Kier molecular flexibility index (Phi) is 6.34. The Bertz CT molecular complexity index is 1610. The van der Waals surface area contributed by atoms with Crippen LogP contribution in [0.25, 0.3) is 22.3 Å². The molecule has 1 aliphatic carbocycles. The summed E-state index contributed by atoms with van der Waals surface area (Å²) in [4.78, 5) is 0. The predicted octanol–water partition coefficient (Wildman–Crippen LogP) is 9.00. The summed E-state index contributed by atoms with van der Waals surface area (Å²) in [5.41, 5.74) is 11.0. The lowest BCUT2D eigenvalue weighted by molar-refractivity contribution is 0.00578. The van der Waals surface area contributed by atoms with E-state index in [1.54, 1.807) is 0 Å². The maximum absolute atomic E-state index is 6.64. The van der Waals surface area contributed by atoms with Crippen molar-refractivity contribution in [2.75, 3.05) is 5.32 Å². The number of anilines is 2. The van der Waals surface area contributed by atoms with Gasteiger partial charge in [-0.2, -0.15) is 0 Å². The minimum Gasteiger partial charge on any atom is -0.399 e. The molecule has 4 aromatic carbocycles. The molecule has 0 unspecified atom stereocenters. The molecule has 6 rings (SSSR count). The van der Waals surface area contributed by atoms with Gasteiger partial charge < -0.3 is 14.6 Å². The van der Waals surface area contributed by atoms with Crippen molar-refractivity contribution >= 4 is 24.0 Å². The van der Waals surface area contributed by atoms with Crippen LogP contribution in [0, 0.1) is 0 Å². The Morgan fingerprint density at radius 2 is 1.24 bits per heavy atom. The summed E-state index contributed by atoms with van der Waals surface area (Å²) in [6.07, 6.45) is 0. The molecule has 0 aromatic heterocycles. The van der Waals surface area contributed by atoms with Crippen molar-refractivity contribution in [3.05, 3.63) is 102 Å². The molecule has 0 radical (unpaired) electrons. The van der Waals surface area contributed by atoms with Crippen LogP contribution in [-0.4, -0.2) is 18.3 Å². The first-order chi connectivity index (χ1) is 19.2. The van der Waals surface area contributed by atoms with Gasteiger partial charge in [-0.05, 0) is 84.7 Å². The average molecular weight is 544 g/mol. The molecule has 3 nitrogen and oxygen atoms in total. The highest BCUT2D eigenvalue weighted by molar-refractivity contribution is 6.64. The molecule has 1 aliphatic heterocycles. The Balaban J connectivity index is 1.54. The first kappa shape index (κ1) is 27.8. The highest BCUT2D eigenvalue weighted by Gasteiger charge is 2.53. The third-order valence-corrected chi connectivity index (χ3v) is 9.50. The molecule has 0 amide bonds. The minimum absolute atomic E-state index is 0.0410. The van der Waals surface area contributed by atoms with E-state index in [4.69, 9.17) is 9.31 Å². The molecule has 0 atom stereocenters. The van der Waals surface area contributed by atoms with Crippen molar-refractivity contribution in [1.82, 2.24) is 0 Å². The normalized spacial score (nSPS) is 18.2. The van der Waals surface area contributed by atoms with Gasteiger partial charge in [-0.1, -0.05) is 101 Å². The van der Waals surface area contributed by atoms with Crippen molar-refractivity contribution in [3.8, 4) is 22.3 Å². The molecule has 0 saturated carbocycles. The second-order valence-electron chi connectivity index (χ2n) is 14.2. The molecule has 0 spiro atoms. The summed E-state index contributed by atoms with van der Waals surface area (Å²) in [5, 5.41) is 3.88. The lowest BCUT2D eigenvalue weighted by Crippen LogP contribution is -2.41. The first-order valence-corrected chi connectivity index (χ1v) is 14.8. The van der Waals surface area contributed by atoms with Crippen LogP contribution in [0.4, 0.5) is 11.4 Å². The van der Waals surface area contributed by atoms with E-state index in [0.717, 1.165) is 16.8 Å². The van der Waals surface area contributed by atoms with Crippen LogP contribution in [0.5, 0.6) is 0 Å². The quantitative estimate of drug-likeness (QED) is 0.261. The third kappa shape index (κ3) is 4.62. The topological polar surface area (TPSA) is 30.5 Å². The smallest absolute Gasteiger partial charge is 0.399 e. The Labute approximate surface area is 246 Å². The van der Waals surface area contributed by atoms with E-state index in [1.807, 2.05) is 0 Å². The third-order valence-electron chi connectivity index (χ3n) is 9.50. The van der Waals surface area contributed by atoms with E-state index in [-0.39, 0.29) is 10.8 Å². The van der Waals surface area contributed by atoms with Gasteiger partial charge in [0.25, 0.3) is 0 Å². The van der Waals surface area contributed by atoms with Gasteiger partial charge in [0.1, 0.15) is 0 Å². The van der Waals surface area contributed by atoms with Gasteiger partial charge in [-0.15, -0.1) is 0 Å². The van der Waals surface area contributed by atoms with E-state index >= 15 is 0 Å². The maximum atomic E-state index is 6.64. The molecular formula is C37H42BNO2. The van der Waals surface area contributed by atoms with Crippen LogP contribution in [0.1, 0.15) is 79.0 Å². The van der Waals surface area contributed by atoms with E-state index in [2.05, 4.69) is 153 Å². The molecule has 1 saturated heterocycles.